The summed E-state index contributed by atoms with van der Waals surface area (Å²) < 4.78 is 0. The number of anilines is 1. The maximum atomic E-state index is 12.2. The molecule has 0 bridgehead atoms. The van der Waals surface area contributed by atoms with Gasteiger partial charge in [0.1, 0.15) is 0 Å². The summed E-state index contributed by atoms with van der Waals surface area (Å²) in [6.07, 6.45) is 0.693. The Bertz CT molecular complexity index is 471. The molecule has 0 aliphatic heterocycles. The second-order valence-electron chi connectivity index (χ2n) is 5.30. The first-order valence-corrected chi connectivity index (χ1v) is 7.27. The standard InChI is InChI=1S/C16H24N2O3/c1-4-18(14-8-5-12(2)6-9-14)16(21)17-11-13(3)7-10-15(19)20/h5-6,8-9,13H,4,7,10-11H2,1-3H3,(H,17,21)(H,19,20). The molecule has 2 amide bonds. The van der Waals surface area contributed by atoms with E-state index in [4.69, 9.17) is 5.11 Å². The number of hydrogen-bond donors (Lipinski definition) is 2. The molecule has 0 fully saturated rings. The monoisotopic (exact) mass is 292 g/mol. The normalized spacial score (nSPS) is 11.8. The summed E-state index contributed by atoms with van der Waals surface area (Å²) in [5.74, 6) is -0.662. The quantitative estimate of drug-likeness (QED) is 0.811. The Morgan fingerprint density at radius 2 is 1.90 bits per heavy atom. The van der Waals surface area contributed by atoms with E-state index in [9.17, 15) is 9.59 Å². The van der Waals surface area contributed by atoms with Crippen molar-refractivity contribution >= 4 is 17.7 Å². The molecular weight excluding hydrogens is 268 g/mol. The van der Waals surface area contributed by atoms with Gasteiger partial charge in [-0.2, -0.15) is 0 Å². The number of benzene rings is 1. The van der Waals surface area contributed by atoms with E-state index >= 15 is 0 Å². The van der Waals surface area contributed by atoms with Crippen LogP contribution in [0.25, 0.3) is 0 Å². The molecule has 1 aromatic carbocycles. The fraction of sp³-hybridized carbons (Fsp3) is 0.500. The van der Waals surface area contributed by atoms with Crippen LogP contribution >= 0.6 is 0 Å². The summed E-state index contributed by atoms with van der Waals surface area (Å²) in [5, 5.41) is 11.5. The highest BCUT2D eigenvalue weighted by Gasteiger charge is 2.14. The molecule has 0 saturated heterocycles. The zero-order chi connectivity index (χ0) is 15.8. The van der Waals surface area contributed by atoms with Gasteiger partial charge in [0.05, 0.1) is 0 Å². The SMILES string of the molecule is CCN(C(=O)NCC(C)CCC(=O)O)c1ccc(C)cc1. The fourth-order valence-electron chi connectivity index (χ4n) is 2.00. The molecule has 116 valence electrons. The number of amides is 2. The average Bonchev–Trinajstić information content (AvgIpc) is 2.45. The molecule has 21 heavy (non-hydrogen) atoms. The van der Waals surface area contributed by atoms with Crippen molar-refractivity contribution in [1.82, 2.24) is 5.32 Å². The van der Waals surface area contributed by atoms with Crippen molar-refractivity contribution in [3.63, 3.8) is 0 Å². The Morgan fingerprint density at radius 3 is 2.43 bits per heavy atom. The number of carboxylic acids is 1. The molecule has 0 aliphatic carbocycles. The highest BCUT2D eigenvalue weighted by Crippen LogP contribution is 2.15. The second kappa shape index (κ2) is 8.29. The van der Waals surface area contributed by atoms with Crippen molar-refractivity contribution in [2.45, 2.75) is 33.6 Å². The number of nitrogens with one attached hydrogen (secondary N) is 1. The molecule has 0 heterocycles. The van der Waals surface area contributed by atoms with Crippen LogP contribution in [-0.4, -0.2) is 30.2 Å². The number of rotatable bonds is 7. The van der Waals surface area contributed by atoms with Crippen LogP contribution in [0.5, 0.6) is 0 Å². The van der Waals surface area contributed by atoms with Crippen LogP contribution in [0.2, 0.25) is 0 Å². The number of urea groups is 1. The fourth-order valence-corrected chi connectivity index (χ4v) is 2.00. The van der Waals surface area contributed by atoms with Gasteiger partial charge in [-0.3, -0.25) is 9.69 Å². The molecule has 5 heteroatoms. The van der Waals surface area contributed by atoms with Gasteiger partial charge in [-0.25, -0.2) is 4.79 Å². The van der Waals surface area contributed by atoms with Crippen molar-refractivity contribution in [2.75, 3.05) is 18.0 Å². The summed E-state index contributed by atoms with van der Waals surface area (Å²) in [6.45, 7) is 6.93. The maximum absolute atomic E-state index is 12.2. The summed E-state index contributed by atoms with van der Waals surface area (Å²) in [5.41, 5.74) is 2.01. The Morgan fingerprint density at radius 1 is 1.29 bits per heavy atom. The van der Waals surface area contributed by atoms with Crippen LogP contribution < -0.4 is 10.2 Å². The third kappa shape index (κ3) is 5.85. The van der Waals surface area contributed by atoms with Gasteiger partial charge in [0, 0.05) is 25.2 Å². The molecule has 1 rings (SSSR count). The highest BCUT2D eigenvalue weighted by atomic mass is 16.4. The van der Waals surface area contributed by atoms with Crippen LogP contribution in [0.15, 0.2) is 24.3 Å². The molecule has 1 aromatic rings. The largest absolute Gasteiger partial charge is 0.481 e. The van der Waals surface area contributed by atoms with Crippen molar-refractivity contribution in [1.29, 1.82) is 0 Å². The Labute approximate surface area is 126 Å². The Balaban J connectivity index is 2.52. The number of carboxylic acid groups (broad SMARTS) is 1. The minimum absolute atomic E-state index is 0.131. The van der Waals surface area contributed by atoms with Gasteiger partial charge in [-0.05, 0) is 38.3 Å². The van der Waals surface area contributed by atoms with Crippen LogP contribution in [0.4, 0.5) is 10.5 Å². The predicted molar refractivity (Wildman–Crippen MR) is 83.6 cm³/mol. The van der Waals surface area contributed by atoms with Crippen LogP contribution in [0, 0.1) is 12.8 Å². The third-order valence-corrected chi connectivity index (χ3v) is 3.36. The van der Waals surface area contributed by atoms with Crippen LogP contribution in [0.1, 0.15) is 32.3 Å². The lowest BCUT2D eigenvalue weighted by molar-refractivity contribution is -0.137. The number of hydrogen-bond acceptors (Lipinski definition) is 2. The van der Waals surface area contributed by atoms with Gasteiger partial charge >= 0.3 is 12.0 Å². The van der Waals surface area contributed by atoms with E-state index < -0.39 is 5.97 Å². The first-order valence-electron chi connectivity index (χ1n) is 7.27. The smallest absolute Gasteiger partial charge is 0.321 e. The van der Waals surface area contributed by atoms with E-state index in [-0.39, 0.29) is 18.4 Å². The van der Waals surface area contributed by atoms with E-state index in [0.29, 0.717) is 19.5 Å². The van der Waals surface area contributed by atoms with Crippen molar-refractivity contribution in [3.05, 3.63) is 29.8 Å². The summed E-state index contributed by atoms with van der Waals surface area (Å²) in [7, 11) is 0. The molecule has 0 aromatic heterocycles. The van der Waals surface area contributed by atoms with Gasteiger partial charge in [0.2, 0.25) is 0 Å². The predicted octanol–water partition coefficient (Wildman–Crippen LogP) is 3.03. The molecule has 2 N–H and O–H groups in total. The van der Waals surface area contributed by atoms with E-state index in [1.54, 1.807) is 4.90 Å². The number of nitrogens with zero attached hydrogens (tertiary/aromatic N) is 1. The minimum atomic E-state index is -0.803. The van der Waals surface area contributed by atoms with Crippen molar-refractivity contribution < 1.29 is 14.7 Å². The van der Waals surface area contributed by atoms with Crippen LogP contribution in [0.3, 0.4) is 0 Å². The molecule has 1 unspecified atom stereocenters. The van der Waals surface area contributed by atoms with Gasteiger partial charge in [0.15, 0.2) is 0 Å². The lowest BCUT2D eigenvalue weighted by Gasteiger charge is -2.22. The molecule has 1 atom stereocenters. The first-order chi connectivity index (χ1) is 9.93. The molecule has 5 nitrogen and oxygen atoms in total. The molecule has 0 aliphatic rings. The van der Waals surface area contributed by atoms with Crippen molar-refractivity contribution in [2.24, 2.45) is 5.92 Å². The zero-order valence-corrected chi connectivity index (χ0v) is 12.9. The maximum Gasteiger partial charge on any atom is 0.321 e. The molecule has 0 spiro atoms. The second-order valence-corrected chi connectivity index (χ2v) is 5.30. The number of aliphatic carboxylic acids is 1. The average molecular weight is 292 g/mol. The zero-order valence-electron chi connectivity index (χ0n) is 12.9. The summed E-state index contributed by atoms with van der Waals surface area (Å²) in [6, 6.07) is 7.64. The molecular formula is C16H24N2O3. The van der Waals surface area contributed by atoms with Crippen molar-refractivity contribution in [3.8, 4) is 0 Å². The highest BCUT2D eigenvalue weighted by molar-refractivity contribution is 5.91. The van der Waals surface area contributed by atoms with E-state index in [0.717, 1.165) is 11.3 Å². The van der Waals surface area contributed by atoms with E-state index in [1.165, 1.54) is 0 Å². The van der Waals surface area contributed by atoms with Gasteiger partial charge in [0.25, 0.3) is 0 Å². The molecule has 0 saturated carbocycles. The summed E-state index contributed by atoms with van der Waals surface area (Å²) in [4.78, 5) is 24.4. The topological polar surface area (TPSA) is 69.6 Å². The summed E-state index contributed by atoms with van der Waals surface area (Å²) >= 11 is 0. The van der Waals surface area contributed by atoms with Crippen LogP contribution in [-0.2, 0) is 4.79 Å². The Hall–Kier alpha value is -2.04. The Kier molecular flexibility index (Phi) is 6.72. The van der Waals surface area contributed by atoms with E-state index in [1.807, 2.05) is 45.0 Å². The number of carbonyl (C=O) groups excluding carboxylic acids is 1. The number of carbonyl (C=O) groups is 2. The van der Waals surface area contributed by atoms with E-state index in [2.05, 4.69) is 5.32 Å². The lowest BCUT2D eigenvalue weighted by Crippen LogP contribution is -2.41. The van der Waals surface area contributed by atoms with Gasteiger partial charge < -0.3 is 10.4 Å². The lowest BCUT2D eigenvalue weighted by atomic mass is 10.1. The number of aryl methyl sites for hydroxylation is 1. The third-order valence-electron chi connectivity index (χ3n) is 3.36. The first kappa shape index (κ1) is 17.0. The van der Waals surface area contributed by atoms with Gasteiger partial charge in [-0.15, -0.1) is 0 Å². The molecule has 0 radical (unpaired) electrons. The minimum Gasteiger partial charge on any atom is -0.481 e. The van der Waals surface area contributed by atoms with Gasteiger partial charge in [-0.1, -0.05) is 24.6 Å².